The molecule has 3 atom stereocenters. The number of nitrogens with zero attached hydrogens (tertiary/aromatic N) is 1. The Kier molecular flexibility index (Phi) is 7.67. The maximum atomic E-state index is 14.3. The van der Waals surface area contributed by atoms with Crippen molar-refractivity contribution in [3.05, 3.63) is 58.8 Å². The van der Waals surface area contributed by atoms with E-state index in [-0.39, 0.29) is 41.5 Å². The van der Waals surface area contributed by atoms with Gasteiger partial charge in [-0.15, -0.1) is 0 Å². The quantitative estimate of drug-likeness (QED) is 0.500. The largest absolute Gasteiger partial charge is 0.471 e. The van der Waals surface area contributed by atoms with Gasteiger partial charge < -0.3 is 20.5 Å². The lowest BCUT2D eigenvalue weighted by Gasteiger charge is -2.47. The molecule has 0 saturated heterocycles. The Balaban J connectivity index is 1.52. The second-order valence-corrected chi connectivity index (χ2v) is 11.6. The van der Waals surface area contributed by atoms with E-state index in [1.54, 1.807) is 0 Å². The zero-order valence-electron chi connectivity index (χ0n) is 21.5. The van der Waals surface area contributed by atoms with E-state index in [1.807, 2.05) is 6.20 Å². The molecule has 1 aromatic carbocycles. The average molecular weight is 502 g/mol. The molecule has 2 aliphatic rings. The molecule has 2 aromatic rings. The number of ether oxygens (including phenoxy) is 1. The average Bonchev–Trinajstić information content (AvgIpc) is 2.77. The number of aliphatic hydroxyl groups is 1. The minimum atomic E-state index is -1.02. The Hall–Kier alpha value is -2.58. The predicted molar refractivity (Wildman–Crippen MR) is 134 cm³/mol. The molecule has 1 spiro atoms. The second kappa shape index (κ2) is 10.4. The van der Waals surface area contributed by atoms with Crippen molar-refractivity contribution >= 4 is 5.91 Å². The number of halogens is 2. The molecule has 1 saturated carbocycles. The van der Waals surface area contributed by atoms with E-state index in [9.17, 15) is 18.7 Å². The Morgan fingerprint density at radius 2 is 2.06 bits per heavy atom. The molecule has 1 aliphatic carbocycles. The van der Waals surface area contributed by atoms with Crippen LogP contribution in [-0.2, 0) is 17.6 Å². The molecule has 0 bridgehead atoms. The molecule has 1 fully saturated rings. The molecule has 36 heavy (non-hydrogen) atoms. The van der Waals surface area contributed by atoms with Gasteiger partial charge in [-0.3, -0.25) is 4.79 Å². The van der Waals surface area contributed by atoms with Crippen LogP contribution in [0.4, 0.5) is 8.78 Å². The summed E-state index contributed by atoms with van der Waals surface area (Å²) in [7, 11) is 0. The summed E-state index contributed by atoms with van der Waals surface area (Å²) in [4.78, 5) is 16.5. The summed E-state index contributed by atoms with van der Waals surface area (Å²) < 4.78 is 34.3. The van der Waals surface area contributed by atoms with Crippen molar-refractivity contribution in [1.29, 1.82) is 0 Å². The van der Waals surface area contributed by atoms with Crippen molar-refractivity contribution in [2.24, 2.45) is 5.41 Å². The van der Waals surface area contributed by atoms with Gasteiger partial charge in [0.25, 0.3) is 0 Å². The summed E-state index contributed by atoms with van der Waals surface area (Å²) in [6.45, 7) is 8.05. The molecule has 1 amide bonds. The number of hydrogen-bond acceptors (Lipinski definition) is 5. The molecule has 0 radical (unpaired) electrons. The van der Waals surface area contributed by atoms with Crippen molar-refractivity contribution in [2.45, 2.75) is 90.0 Å². The molecule has 1 aromatic heterocycles. The molecule has 196 valence electrons. The van der Waals surface area contributed by atoms with Gasteiger partial charge in [0.15, 0.2) is 11.6 Å². The molecule has 0 unspecified atom stereocenters. The van der Waals surface area contributed by atoms with Crippen molar-refractivity contribution in [3.8, 4) is 5.88 Å². The van der Waals surface area contributed by atoms with Gasteiger partial charge in [0.1, 0.15) is 5.60 Å². The van der Waals surface area contributed by atoms with E-state index in [2.05, 4.69) is 42.5 Å². The highest BCUT2D eigenvalue weighted by Crippen LogP contribution is 2.48. The molecule has 1 aliphatic heterocycles. The zero-order chi connectivity index (χ0) is 26.1. The number of hydrogen-bond donors (Lipinski definition) is 3. The summed E-state index contributed by atoms with van der Waals surface area (Å²) in [5, 5.41) is 17.2. The Morgan fingerprint density at radius 3 is 2.69 bits per heavy atom. The maximum Gasteiger partial charge on any atom is 0.218 e. The SMILES string of the molecule is CC(=O)N[C@@H](Cc1cccc(F)c1F)[C@H](O)CN[C@H]1CC2(CCC2)Oc2ncc(CC(C)(C)C)cc21. The highest BCUT2D eigenvalue weighted by molar-refractivity contribution is 5.73. The third kappa shape index (κ3) is 6.21. The Labute approximate surface area is 211 Å². The van der Waals surface area contributed by atoms with Crippen LogP contribution in [-0.4, -0.2) is 40.3 Å². The number of carbonyl (C=O) groups excluding carboxylic acids is 1. The van der Waals surface area contributed by atoms with Crippen LogP contribution in [0.2, 0.25) is 0 Å². The summed E-state index contributed by atoms with van der Waals surface area (Å²) >= 11 is 0. The highest BCUT2D eigenvalue weighted by atomic mass is 19.2. The fourth-order valence-corrected chi connectivity index (χ4v) is 5.24. The Bertz CT molecular complexity index is 1100. The topological polar surface area (TPSA) is 83.5 Å². The number of pyridine rings is 1. The number of benzene rings is 1. The fourth-order valence-electron chi connectivity index (χ4n) is 5.24. The van der Waals surface area contributed by atoms with Gasteiger partial charge in [0.2, 0.25) is 11.8 Å². The first-order chi connectivity index (χ1) is 16.9. The number of carbonyl (C=O) groups is 1. The number of aliphatic hydroxyl groups excluding tert-OH is 1. The predicted octanol–water partition coefficient (Wildman–Crippen LogP) is 4.39. The van der Waals surface area contributed by atoms with Gasteiger partial charge in [-0.1, -0.05) is 32.9 Å². The molecular formula is C28H37F2N3O3. The van der Waals surface area contributed by atoms with Crippen LogP contribution in [0.15, 0.2) is 30.5 Å². The van der Waals surface area contributed by atoms with Gasteiger partial charge >= 0.3 is 0 Å². The molecular weight excluding hydrogens is 464 g/mol. The maximum absolute atomic E-state index is 14.3. The van der Waals surface area contributed by atoms with Gasteiger partial charge in [-0.05, 0) is 60.8 Å². The summed E-state index contributed by atoms with van der Waals surface area (Å²) in [6.07, 6.45) is 5.50. The van der Waals surface area contributed by atoms with Crippen LogP contribution in [0, 0.1) is 17.0 Å². The van der Waals surface area contributed by atoms with Crippen LogP contribution >= 0.6 is 0 Å². The normalized spacial score (nSPS) is 20.1. The molecule has 2 heterocycles. The summed E-state index contributed by atoms with van der Waals surface area (Å²) in [5.74, 6) is -1.64. The van der Waals surface area contributed by atoms with Crippen LogP contribution in [0.5, 0.6) is 5.88 Å². The van der Waals surface area contributed by atoms with Gasteiger partial charge in [-0.2, -0.15) is 0 Å². The second-order valence-electron chi connectivity index (χ2n) is 11.6. The number of amides is 1. The lowest BCUT2D eigenvalue weighted by molar-refractivity contribution is -0.120. The van der Waals surface area contributed by atoms with Crippen molar-refractivity contribution < 1.29 is 23.4 Å². The van der Waals surface area contributed by atoms with Crippen LogP contribution < -0.4 is 15.4 Å². The van der Waals surface area contributed by atoms with Gasteiger partial charge in [0, 0.05) is 37.7 Å². The van der Waals surface area contributed by atoms with Gasteiger partial charge in [0.05, 0.1) is 12.1 Å². The minimum Gasteiger partial charge on any atom is -0.471 e. The molecule has 6 nitrogen and oxygen atoms in total. The van der Waals surface area contributed by atoms with Crippen molar-refractivity contribution in [2.75, 3.05) is 6.54 Å². The van der Waals surface area contributed by atoms with E-state index in [0.717, 1.165) is 49.3 Å². The van der Waals surface area contributed by atoms with E-state index in [4.69, 9.17) is 4.74 Å². The summed E-state index contributed by atoms with van der Waals surface area (Å²) in [6, 6.07) is 5.20. The third-order valence-corrected chi connectivity index (χ3v) is 7.10. The highest BCUT2D eigenvalue weighted by Gasteiger charge is 2.46. The first-order valence-electron chi connectivity index (χ1n) is 12.7. The number of fused-ring (bicyclic) bond motifs is 1. The zero-order valence-corrected chi connectivity index (χ0v) is 21.5. The van der Waals surface area contributed by atoms with Gasteiger partial charge in [-0.25, -0.2) is 13.8 Å². The number of aromatic nitrogens is 1. The lowest BCUT2D eigenvalue weighted by Crippen LogP contribution is -2.52. The van der Waals surface area contributed by atoms with Crippen molar-refractivity contribution in [3.63, 3.8) is 0 Å². The standard InChI is InChI=1S/C28H37F2N3O3/c1-17(34)33-22(12-19-7-5-8-21(29)25(19)30)24(35)16-31-23-14-28(9-6-10-28)36-26-20(23)11-18(15-32-26)13-27(2,3)4/h5,7-8,11,15,22-24,31,35H,6,9-10,12-14,16H2,1-4H3,(H,33,34)/t22-,23-,24+/m0/s1. The van der Waals surface area contributed by atoms with Crippen LogP contribution in [0.25, 0.3) is 0 Å². The van der Waals surface area contributed by atoms with Crippen molar-refractivity contribution in [1.82, 2.24) is 15.6 Å². The van der Waals surface area contributed by atoms with E-state index in [1.165, 1.54) is 19.1 Å². The Morgan fingerprint density at radius 1 is 1.31 bits per heavy atom. The number of nitrogens with one attached hydrogen (secondary N) is 2. The van der Waals surface area contributed by atoms with Crippen LogP contribution in [0.1, 0.15) is 76.1 Å². The lowest BCUT2D eigenvalue weighted by atomic mass is 9.73. The fraction of sp³-hybridized carbons (Fsp3) is 0.571. The summed E-state index contributed by atoms with van der Waals surface area (Å²) in [5.41, 5.74) is 2.06. The first-order valence-corrected chi connectivity index (χ1v) is 12.7. The molecule has 4 rings (SSSR count). The number of rotatable bonds is 8. The monoisotopic (exact) mass is 501 g/mol. The van der Waals surface area contributed by atoms with Crippen LogP contribution in [0.3, 0.4) is 0 Å². The minimum absolute atomic E-state index is 0.0302. The molecule has 3 N–H and O–H groups in total. The van der Waals surface area contributed by atoms with E-state index < -0.39 is 23.8 Å². The molecule has 8 heteroatoms. The first kappa shape index (κ1) is 26.5. The van der Waals surface area contributed by atoms with E-state index >= 15 is 0 Å². The van der Waals surface area contributed by atoms with E-state index in [0.29, 0.717) is 5.88 Å². The third-order valence-electron chi connectivity index (χ3n) is 7.10. The smallest absolute Gasteiger partial charge is 0.218 e.